The van der Waals surface area contributed by atoms with Crippen LogP contribution in [0.15, 0.2) is 6.20 Å². The van der Waals surface area contributed by atoms with Crippen molar-refractivity contribution in [3.8, 4) is 0 Å². The molecule has 0 aromatic carbocycles. The van der Waals surface area contributed by atoms with Crippen LogP contribution in [0.2, 0.25) is 0 Å². The van der Waals surface area contributed by atoms with Crippen molar-refractivity contribution >= 4 is 38.2 Å². The largest absolute Gasteiger partial charge is 0.369 e. The van der Waals surface area contributed by atoms with Gasteiger partial charge in [-0.25, -0.2) is 18.4 Å². The number of aromatic nitrogens is 2. The van der Waals surface area contributed by atoms with Crippen molar-refractivity contribution < 1.29 is 8.42 Å². The van der Waals surface area contributed by atoms with Crippen LogP contribution in [0.3, 0.4) is 0 Å². The molecule has 1 aliphatic heterocycles. The molecule has 5 nitrogen and oxygen atoms in total. The summed E-state index contributed by atoms with van der Waals surface area (Å²) in [6, 6.07) is 0. The van der Waals surface area contributed by atoms with Crippen molar-refractivity contribution in [2.75, 3.05) is 23.4 Å². The molecule has 0 bridgehead atoms. The van der Waals surface area contributed by atoms with E-state index in [0.29, 0.717) is 12.2 Å². The maximum atomic E-state index is 11.5. The summed E-state index contributed by atoms with van der Waals surface area (Å²) in [4.78, 5) is 8.73. The Morgan fingerprint density at radius 2 is 2.33 bits per heavy atom. The van der Waals surface area contributed by atoms with Gasteiger partial charge in [0.15, 0.2) is 9.84 Å². The first kappa shape index (κ1) is 14.0. The fraction of sp³-hybridized carbons (Fsp3) is 0.636. The minimum Gasteiger partial charge on any atom is -0.369 e. The fourth-order valence-corrected chi connectivity index (χ4v) is 4.13. The van der Waals surface area contributed by atoms with Gasteiger partial charge in [0.1, 0.15) is 11.6 Å². The van der Waals surface area contributed by atoms with Crippen LogP contribution in [0.5, 0.6) is 0 Å². The molecular formula is C11H16IN3O2S. The van der Waals surface area contributed by atoms with Crippen molar-refractivity contribution in [3.05, 3.63) is 15.6 Å². The van der Waals surface area contributed by atoms with Gasteiger partial charge in [-0.2, -0.15) is 0 Å². The minimum atomic E-state index is -2.89. The fourth-order valence-electron chi connectivity index (χ4n) is 1.94. The van der Waals surface area contributed by atoms with Crippen molar-refractivity contribution in [2.45, 2.75) is 25.7 Å². The van der Waals surface area contributed by atoms with Gasteiger partial charge in [-0.05, 0) is 35.4 Å². The number of hydrogen-bond acceptors (Lipinski definition) is 5. The number of sulfone groups is 1. The van der Waals surface area contributed by atoms with E-state index >= 15 is 0 Å². The number of hydrogen-bond donors (Lipinski definition) is 1. The van der Waals surface area contributed by atoms with Gasteiger partial charge in [0.05, 0.1) is 15.1 Å². The maximum Gasteiger partial charge on any atom is 0.151 e. The van der Waals surface area contributed by atoms with Crippen LogP contribution < -0.4 is 5.32 Å². The average Bonchev–Trinajstić information content (AvgIpc) is 2.69. The molecular weight excluding hydrogens is 365 g/mol. The normalized spacial score (nSPS) is 22.0. The third-order valence-electron chi connectivity index (χ3n) is 2.90. The summed E-state index contributed by atoms with van der Waals surface area (Å²) in [5.74, 6) is 1.85. The number of halogens is 1. The molecule has 18 heavy (non-hydrogen) atoms. The summed E-state index contributed by atoms with van der Waals surface area (Å²) in [6.45, 7) is 2.95. The van der Waals surface area contributed by atoms with Crippen molar-refractivity contribution in [2.24, 2.45) is 0 Å². The zero-order valence-corrected chi connectivity index (χ0v) is 13.2. The maximum absolute atomic E-state index is 11.5. The predicted molar refractivity (Wildman–Crippen MR) is 79.5 cm³/mol. The lowest BCUT2D eigenvalue weighted by Gasteiger charge is -2.10. The summed E-state index contributed by atoms with van der Waals surface area (Å²) in [5.41, 5.74) is 0. The third kappa shape index (κ3) is 3.31. The summed E-state index contributed by atoms with van der Waals surface area (Å²) < 4.78 is 23.9. The molecule has 1 atom stereocenters. The van der Waals surface area contributed by atoms with Gasteiger partial charge in [-0.3, -0.25) is 0 Å². The molecule has 0 saturated carbocycles. The van der Waals surface area contributed by atoms with E-state index in [-0.39, 0.29) is 17.4 Å². The number of rotatable bonds is 4. The second kappa shape index (κ2) is 5.68. The lowest BCUT2D eigenvalue weighted by Crippen LogP contribution is -2.11. The highest BCUT2D eigenvalue weighted by atomic mass is 127. The van der Waals surface area contributed by atoms with Gasteiger partial charge in [-0.15, -0.1) is 0 Å². The molecule has 2 heterocycles. The average molecular weight is 381 g/mol. The van der Waals surface area contributed by atoms with Crippen LogP contribution in [-0.4, -0.2) is 36.4 Å². The Bertz CT molecular complexity index is 533. The van der Waals surface area contributed by atoms with E-state index in [2.05, 4.69) is 44.8 Å². The number of anilines is 1. The van der Waals surface area contributed by atoms with Crippen molar-refractivity contribution in [1.82, 2.24) is 9.97 Å². The van der Waals surface area contributed by atoms with Gasteiger partial charge < -0.3 is 5.32 Å². The molecule has 100 valence electrons. The van der Waals surface area contributed by atoms with Gasteiger partial charge >= 0.3 is 0 Å². The van der Waals surface area contributed by atoms with Crippen LogP contribution >= 0.6 is 22.6 Å². The van der Waals surface area contributed by atoms with Crippen LogP contribution in [0.1, 0.15) is 31.5 Å². The first-order valence-corrected chi connectivity index (χ1v) is 8.88. The molecule has 1 saturated heterocycles. The summed E-state index contributed by atoms with van der Waals surface area (Å²) in [6.07, 6.45) is 3.41. The highest BCUT2D eigenvalue weighted by Crippen LogP contribution is 2.27. The van der Waals surface area contributed by atoms with Gasteiger partial charge in [0.2, 0.25) is 0 Å². The van der Waals surface area contributed by atoms with Gasteiger partial charge in [0, 0.05) is 18.7 Å². The molecule has 2 rings (SSSR count). The standard InChI is InChI=1S/C11H16IN3O2S/c1-2-4-13-11-9(12)6-14-10(15-11)8-3-5-18(16,17)7-8/h6,8H,2-5,7H2,1H3,(H,13,14,15). The quantitative estimate of drug-likeness (QED) is 0.806. The van der Waals surface area contributed by atoms with E-state index in [9.17, 15) is 8.42 Å². The number of nitrogens with zero attached hydrogens (tertiary/aromatic N) is 2. The third-order valence-corrected chi connectivity index (χ3v) is 5.46. The Morgan fingerprint density at radius 3 is 2.94 bits per heavy atom. The zero-order chi connectivity index (χ0) is 13.2. The van der Waals surface area contributed by atoms with Gasteiger partial charge in [0.25, 0.3) is 0 Å². The van der Waals surface area contributed by atoms with E-state index in [1.807, 2.05) is 0 Å². The lowest BCUT2D eigenvalue weighted by molar-refractivity contribution is 0.601. The first-order valence-electron chi connectivity index (χ1n) is 5.98. The van der Waals surface area contributed by atoms with Crippen molar-refractivity contribution in [3.63, 3.8) is 0 Å². The van der Waals surface area contributed by atoms with E-state index < -0.39 is 9.84 Å². The topological polar surface area (TPSA) is 72.0 Å². The molecule has 0 aliphatic carbocycles. The summed E-state index contributed by atoms with van der Waals surface area (Å²) in [7, 11) is -2.89. The Kier molecular flexibility index (Phi) is 4.41. The van der Waals surface area contributed by atoms with Crippen LogP contribution in [0.4, 0.5) is 5.82 Å². The second-order valence-electron chi connectivity index (χ2n) is 4.45. The molecule has 7 heteroatoms. The molecule has 1 unspecified atom stereocenters. The molecule has 1 aromatic heterocycles. The Balaban J connectivity index is 2.19. The molecule has 0 radical (unpaired) electrons. The molecule has 1 fully saturated rings. The second-order valence-corrected chi connectivity index (χ2v) is 7.84. The van der Waals surface area contributed by atoms with Crippen LogP contribution in [0, 0.1) is 3.57 Å². The van der Waals surface area contributed by atoms with Crippen LogP contribution in [0.25, 0.3) is 0 Å². The molecule has 0 amide bonds. The van der Waals surface area contributed by atoms with E-state index in [1.165, 1.54) is 0 Å². The van der Waals surface area contributed by atoms with E-state index in [0.717, 1.165) is 22.4 Å². The monoisotopic (exact) mass is 381 g/mol. The molecule has 1 N–H and O–H groups in total. The Hall–Kier alpha value is -0.440. The summed E-state index contributed by atoms with van der Waals surface area (Å²) in [5, 5.41) is 3.24. The number of nitrogens with one attached hydrogen (secondary N) is 1. The predicted octanol–water partition coefficient (Wildman–Crippen LogP) is 1.81. The van der Waals surface area contributed by atoms with Gasteiger partial charge in [-0.1, -0.05) is 6.92 Å². The SMILES string of the molecule is CCCNc1nc(C2CCS(=O)(=O)C2)ncc1I. The first-order chi connectivity index (χ1) is 8.52. The van der Waals surface area contributed by atoms with Crippen LogP contribution in [-0.2, 0) is 9.84 Å². The Morgan fingerprint density at radius 1 is 1.56 bits per heavy atom. The smallest absolute Gasteiger partial charge is 0.151 e. The van der Waals surface area contributed by atoms with E-state index in [4.69, 9.17) is 0 Å². The minimum absolute atomic E-state index is 0.0471. The molecule has 0 spiro atoms. The molecule has 1 aromatic rings. The van der Waals surface area contributed by atoms with Crippen molar-refractivity contribution in [1.29, 1.82) is 0 Å². The zero-order valence-electron chi connectivity index (χ0n) is 10.2. The highest BCUT2D eigenvalue weighted by Gasteiger charge is 2.31. The molecule has 1 aliphatic rings. The van der Waals surface area contributed by atoms with E-state index in [1.54, 1.807) is 6.20 Å². The Labute approximate surface area is 121 Å². The highest BCUT2D eigenvalue weighted by molar-refractivity contribution is 14.1. The summed E-state index contributed by atoms with van der Waals surface area (Å²) >= 11 is 2.18. The lowest BCUT2D eigenvalue weighted by atomic mass is 10.1.